The number of esters is 1. The highest BCUT2D eigenvalue weighted by Gasteiger charge is 2.21. The third-order valence-electron chi connectivity index (χ3n) is 2.76. The van der Waals surface area contributed by atoms with Crippen molar-refractivity contribution in [2.24, 2.45) is 0 Å². The molecule has 20 heavy (non-hydrogen) atoms. The molecule has 2 aromatic rings. The molecule has 0 amide bonds. The van der Waals surface area contributed by atoms with Gasteiger partial charge in [0.15, 0.2) is 0 Å². The quantitative estimate of drug-likeness (QED) is 0.525. The summed E-state index contributed by atoms with van der Waals surface area (Å²) in [6.07, 6.45) is 0. The predicted molar refractivity (Wildman–Crippen MR) is 71.4 cm³/mol. The van der Waals surface area contributed by atoms with Crippen LogP contribution in [0, 0.1) is 17.0 Å². The minimum absolute atomic E-state index is 0.0574. The molecular formula is C13H13N3O4. The Kier molecular flexibility index (Phi) is 3.79. The zero-order valence-electron chi connectivity index (χ0n) is 11.0. The number of hydrogen-bond donors (Lipinski definition) is 1. The van der Waals surface area contributed by atoms with Crippen LogP contribution >= 0.6 is 0 Å². The van der Waals surface area contributed by atoms with Crippen molar-refractivity contribution >= 4 is 11.7 Å². The van der Waals surface area contributed by atoms with Crippen LogP contribution in [-0.4, -0.2) is 27.7 Å². The molecule has 7 heteroatoms. The molecule has 0 atom stereocenters. The monoisotopic (exact) mass is 275 g/mol. The van der Waals surface area contributed by atoms with Crippen LogP contribution in [0.3, 0.4) is 0 Å². The van der Waals surface area contributed by atoms with Gasteiger partial charge < -0.3 is 4.74 Å². The Morgan fingerprint density at radius 2 is 2.25 bits per heavy atom. The average Bonchev–Trinajstić information content (AvgIpc) is 2.81. The molecular weight excluding hydrogens is 262 g/mol. The molecule has 1 aromatic carbocycles. The lowest BCUT2D eigenvalue weighted by Gasteiger charge is -2.03. The minimum atomic E-state index is -0.500. The van der Waals surface area contributed by atoms with Gasteiger partial charge in [0.2, 0.25) is 0 Å². The third kappa shape index (κ3) is 2.51. The number of carbonyl (C=O) groups is 1. The number of carbonyl (C=O) groups excluding carboxylic acids is 1. The molecule has 0 saturated carbocycles. The summed E-state index contributed by atoms with van der Waals surface area (Å²) in [5, 5.41) is 17.5. The van der Waals surface area contributed by atoms with Gasteiger partial charge in [0.25, 0.3) is 5.69 Å². The van der Waals surface area contributed by atoms with Crippen LogP contribution in [0.2, 0.25) is 0 Å². The Morgan fingerprint density at radius 1 is 1.50 bits per heavy atom. The van der Waals surface area contributed by atoms with E-state index < -0.39 is 10.9 Å². The van der Waals surface area contributed by atoms with Gasteiger partial charge in [-0.3, -0.25) is 15.2 Å². The van der Waals surface area contributed by atoms with E-state index in [2.05, 4.69) is 10.2 Å². The number of nitrogens with zero attached hydrogens (tertiary/aromatic N) is 2. The fourth-order valence-electron chi connectivity index (χ4n) is 1.86. The maximum Gasteiger partial charge on any atom is 0.342 e. The molecule has 0 saturated heterocycles. The van der Waals surface area contributed by atoms with Crippen LogP contribution in [0.25, 0.3) is 11.3 Å². The van der Waals surface area contributed by atoms with Crippen molar-refractivity contribution in [3.8, 4) is 11.3 Å². The molecule has 7 nitrogen and oxygen atoms in total. The van der Waals surface area contributed by atoms with E-state index in [1.807, 2.05) is 0 Å². The lowest BCUT2D eigenvalue weighted by molar-refractivity contribution is -0.384. The van der Waals surface area contributed by atoms with Gasteiger partial charge in [0.1, 0.15) is 11.3 Å². The summed E-state index contributed by atoms with van der Waals surface area (Å²) in [5.41, 5.74) is 1.64. The van der Waals surface area contributed by atoms with Crippen LogP contribution in [0.4, 0.5) is 5.69 Å². The normalized spacial score (nSPS) is 10.3. The number of benzene rings is 1. The molecule has 0 aliphatic rings. The van der Waals surface area contributed by atoms with Gasteiger partial charge in [-0.2, -0.15) is 5.10 Å². The lowest BCUT2D eigenvalue weighted by Crippen LogP contribution is -2.06. The summed E-state index contributed by atoms with van der Waals surface area (Å²) in [6.45, 7) is 3.65. The summed E-state index contributed by atoms with van der Waals surface area (Å²) in [7, 11) is 0. The molecule has 104 valence electrons. The number of non-ortho nitro benzene ring substituents is 1. The molecule has 0 spiro atoms. The zero-order valence-corrected chi connectivity index (χ0v) is 11.0. The first-order valence-corrected chi connectivity index (χ1v) is 6.01. The number of ether oxygens (including phenoxy) is 1. The van der Waals surface area contributed by atoms with Crippen molar-refractivity contribution in [3.63, 3.8) is 0 Å². The van der Waals surface area contributed by atoms with Gasteiger partial charge in [-0.15, -0.1) is 0 Å². The summed E-state index contributed by atoms with van der Waals surface area (Å²) in [5.74, 6) is -0.500. The molecule has 0 unspecified atom stereocenters. The zero-order chi connectivity index (χ0) is 14.7. The number of hydrogen-bond acceptors (Lipinski definition) is 5. The van der Waals surface area contributed by atoms with E-state index in [4.69, 9.17) is 4.74 Å². The fraction of sp³-hybridized carbons (Fsp3) is 0.231. The molecule has 1 aromatic heterocycles. The van der Waals surface area contributed by atoms with E-state index in [0.717, 1.165) is 0 Å². The van der Waals surface area contributed by atoms with Crippen molar-refractivity contribution in [1.82, 2.24) is 10.2 Å². The lowest BCUT2D eigenvalue weighted by atomic mass is 10.1. The maximum absolute atomic E-state index is 11.9. The Bertz CT molecular complexity index is 663. The number of aryl methyl sites for hydroxylation is 1. The molecule has 1 heterocycles. The van der Waals surface area contributed by atoms with E-state index >= 15 is 0 Å². The Hall–Kier alpha value is -2.70. The van der Waals surface area contributed by atoms with Gasteiger partial charge in [-0.25, -0.2) is 4.79 Å². The highest BCUT2D eigenvalue weighted by molar-refractivity contribution is 5.97. The summed E-state index contributed by atoms with van der Waals surface area (Å²) in [6, 6.07) is 5.96. The maximum atomic E-state index is 11.9. The van der Waals surface area contributed by atoms with Crippen LogP contribution in [0.15, 0.2) is 24.3 Å². The molecule has 0 bridgehead atoms. The Labute approximate surface area is 114 Å². The fourth-order valence-corrected chi connectivity index (χ4v) is 1.86. The van der Waals surface area contributed by atoms with E-state index in [-0.39, 0.29) is 12.3 Å². The SMILES string of the molecule is CCOC(=O)c1c(-c2cccc([N+](=O)[O-])c2)n[nH]c1C. The van der Waals surface area contributed by atoms with E-state index in [1.165, 1.54) is 12.1 Å². The smallest absolute Gasteiger partial charge is 0.342 e. The van der Waals surface area contributed by atoms with Gasteiger partial charge in [-0.1, -0.05) is 12.1 Å². The molecule has 1 N–H and O–H groups in total. The number of nitro benzene ring substituents is 1. The molecule has 2 rings (SSSR count). The Morgan fingerprint density at radius 3 is 2.90 bits per heavy atom. The van der Waals surface area contributed by atoms with Crippen molar-refractivity contribution in [3.05, 3.63) is 45.6 Å². The molecule has 0 fully saturated rings. The van der Waals surface area contributed by atoms with Crippen molar-refractivity contribution in [2.75, 3.05) is 6.61 Å². The number of aromatic amines is 1. The second-order valence-corrected chi connectivity index (χ2v) is 4.10. The highest BCUT2D eigenvalue weighted by atomic mass is 16.6. The number of rotatable bonds is 4. The number of H-pyrrole nitrogens is 1. The standard InChI is InChI=1S/C13H13N3O4/c1-3-20-13(17)11-8(2)14-15-12(11)9-5-4-6-10(7-9)16(18)19/h4-7H,3H2,1-2H3,(H,14,15). The average molecular weight is 275 g/mol. The molecule has 0 radical (unpaired) electrons. The van der Waals surface area contributed by atoms with Crippen LogP contribution in [-0.2, 0) is 4.74 Å². The molecule has 0 aliphatic heterocycles. The first-order chi connectivity index (χ1) is 9.54. The third-order valence-corrected chi connectivity index (χ3v) is 2.76. The van der Waals surface area contributed by atoms with Crippen molar-refractivity contribution in [2.45, 2.75) is 13.8 Å². The van der Waals surface area contributed by atoms with Crippen LogP contribution < -0.4 is 0 Å². The molecule has 0 aliphatic carbocycles. The second-order valence-electron chi connectivity index (χ2n) is 4.10. The van der Waals surface area contributed by atoms with E-state index in [1.54, 1.807) is 26.0 Å². The van der Waals surface area contributed by atoms with Gasteiger partial charge in [0, 0.05) is 23.4 Å². The second kappa shape index (κ2) is 5.52. The number of nitro groups is 1. The van der Waals surface area contributed by atoms with Crippen molar-refractivity contribution < 1.29 is 14.5 Å². The Balaban J connectivity index is 2.51. The van der Waals surface area contributed by atoms with Crippen LogP contribution in [0.1, 0.15) is 23.0 Å². The largest absolute Gasteiger partial charge is 0.462 e. The summed E-state index contributed by atoms with van der Waals surface area (Å²) >= 11 is 0. The first-order valence-electron chi connectivity index (χ1n) is 6.01. The van der Waals surface area contributed by atoms with Gasteiger partial charge in [-0.05, 0) is 13.8 Å². The number of aromatic nitrogens is 2. The van der Waals surface area contributed by atoms with Crippen LogP contribution in [0.5, 0.6) is 0 Å². The minimum Gasteiger partial charge on any atom is -0.462 e. The van der Waals surface area contributed by atoms with Gasteiger partial charge in [0.05, 0.1) is 11.5 Å². The highest BCUT2D eigenvalue weighted by Crippen LogP contribution is 2.27. The predicted octanol–water partition coefficient (Wildman–Crippen LogP) is 2.47. The van der Waals surface area contributed by atoms with E-state index in [9.17, 15) is 14.9 Å². The topological polar surface area (TPSA) is 98.1 Å². The first kappa shape index (κ1) is 13.7. The summed E-state index contributed by atoms with van der Waals surface area (Å²) in [4.78, 5) is 22.2. The van der Waals surface area contributed by atoms with Gasteiger partial charge >= 0.3 is 5.97 Å². The summed E-state index contributed by atoms with van der Waals surface area (Å²) < 4.78 is 4.97. The number of nitrogens with one attached hydrogen (secondary N) is 1. The van der Waals surface area contributed by atoms with Crippen molar-refractivity contribution in [1.29, 1.82) is 0 Å². The van der Waals surface area contributed by atoms with E-state index in [0.29, 0.717) is 22.5 Å².